The van der Waals surface area contributed by atoms with Crippen LogP contribution in [0, 0.1) is 13.8 Å². The van der Waals surface area contributed by atoms with E-state index in [-0.39, 0.29) is 12.0 Å². The van der Waals surface area contributed by atoms with Crippen molar-refractivity contribution in [2.24, 2.45) is 5.84 Å². The lowest BCUT2D eigenvalue weighted by atomic mass is 10.2. The van der Waals surface area contributed by atoms with Crippen molar-refractivity contribution in [3.8, 4) is 0 Å². The van der Waals surface area contributed by atoms with E-state index in [1.54, 1.807) is 11.3 Å². The first-order chi connectivity index (χ1) is 9.92. The Balaban J connectivity index is 2.32. The third-order valence-electron chi connectivity index (χ3n) is 3.36. The Kier molecular flexibility index (Phi) is 4.80. The third-order valence-corrected chi connectivity index (χ3v) is 4.54. The first-order valence-electron chi connectivity index (χ1n) is 7.10. The van der Waals surface area contributed by atoms with Gasteiger partial charge in [-0.25, -0.2) is 15.8 Å². The Labute approximate surface area is 130 Å². The van der Waals surface area contributed by atoms with Crippen molar-refractivity contribution in [2.75, 3.05) is 10.7 Å². The summed E-state index contributed by atoms with van der Waals surface area (Å²) in [6.45, 7) is 10.4. The zero-order valence-corrected chi connectivity index (χ0v) is 14.0. The summed E-state index contributed by atoms with van der Waals surface area (Å²) in [6.07, 6.45) is 0. The molecule has 0 aliphatic rings. The number of hydrazine groups is 1. The summed E-state index contributed by atoms with van der Waals surface area (Å²) >= 11 is 1.80. The summed E-state index contributed by atoms with van der Waals surface area (Å²) in [5.41, 5.74) is 3.59. The number of hydrogen-bond donors (Lipinski definition) is 3. The van der Waals surface area contributed by atoms with Crippen molar-refractivity contribution in [2.45, 2.75) is 46.6 Å². The minimum absolute atomic E-state index is 0.197. The van der Waals surface area contributed by atoms with Gasteiger partial charge in [-0.3, -0.25) is 0 Å². The van der Waals surface area contributed by atoms with Crippen LogP contribution >= 0.6 is 11.3 Å². The van der Waals surface area contributed by atoms with E-state index in [2.05, 4.69) is 60.5 Å². The molecule has 2 heterocycles. The van der Waals surface area contributed by atoms with Gasteiger partial charge in [-0.2, -0.15) is 0 Å². The highest BCUT2D eigenvalue weighted by molar-refractivity contribution is 7.12. The number of rotatable bonds is 5. The quantitative estimate of drug-likeness (QED) is 0.579. The Hall–Kier alpha value is -1.66. The minimum atomic E-state index is 0.197. The number of nitrogens with zero attached hydrogens (tertiary/aromatic N) is 2. The largest absolute Gasteiger partial charge is 0.362 e. The van der Waals surface area contributed by atoms with E-state index in [1.165, 1.54) is 9.75 Å². The molecule has 2 aromatic rings. The lowest BCUT2D eigenvalue weighted by Gasteiger charge is -2.18. The second-order valence-electron chi connectivity index (χ2n) is 5.52. The lowest BCUT2D eigenvalue weighted by Crippen LogP contribution is -2.16. The fourth-order valence-electron chi connectivity index (χ4n) is 2.04. The summed E-state index contributed by atoms with van der Waals surface area (Å²) in [4.78, 5) is 11.7. The summed E-state index contributed by atoms with van der Waals surface area (Å²) < 4.78 is 0. The van der Waals surface area contributed by atoms with Crippen LogP contribution in [0.4, 0.5) is 11.6 Å². The zero-order valence-electron chi connectivity index (χ0n) is 13.2. The van der Waals surface area contributed by atoms with Crippen molar-refractivity contribution < 1.29 is 0 Å². The Morgan fingerprint density at radius 2 is 1.76 bits per heavy atom. The van der Waals surface area contributed by atoms with Crippen molar-refractivity contribution >= 4 is 23.0 Å². The highest BCUT2D eigenvalue weighted by Gasteiger charge is 2.15. The van der Waals surface area contributed by atoms with E-state index in [1.807, 2.05) is 6.92 Å². The predicted molar refractivity (Wildman–Crippen MR) is 89.8 cm³/mol. The van der Waals surface area contributed by atoms with Gasteiger partial charge in [0, 0.05) is 21.2 Å². The number of aryl methyl sites for hydroxylation is 1. The van der Waals surface area contributed by atoms with Crippen LogP contribution in [-0.4, -0.2) is 9.97 Å². The van der Waals surface area contributed by atoms with Crippen LogP contribution in [-0.2, 0) is 0 Å². The average molecular weight is 305 g/mol. The standard InChI is InChI=1S/C15H23N5S/c1-8(2)13-18-14(10(4)15(19-13)20-16)17-11(5)12-7-6-9(3)21-12/h6-8,11H,16H2,1-5H3,(H2,17,18,19,20). The lowest BCUT2D eigenvalue weighted by molar-refractivity contribution is 0.767. The number of hydrogen-bond acceptors (Lipinski definition) is 6. The van der Waals surface area contributed by atoms with Gasteiger partial charge in [0.2, 0.25) is 0 Å². The molecule has 0 saturated heterocycles. The van der Waals surface area contributed by atoms with Crippen LogP contribution in [0.3, 0.4) is 0 Å². The molecule has 0 saturated carbocycles. The highest BCUT2D eigenvalue weighted by Crippen LogP contribution is 2.28. The summed E-state index contributed by atoms with van der Waals surface area (Å²) in [5, 5.41) is 3.47. The maximum Gasteiger partial charge on any atom is 0.148 e. The van der Waals surface area contributed by atoms with Crippen LogP contribution in [0.15, 0.2) is 12.1 Å². The SMILES string of the molecule is Cc1ccc(C(C)Nc2nc(C(C)C)nc(NN)c2C)s1. The molecule has 0 bridgehead atoms. The van der Waals surface area contributed by atoms with Gasteiger partial charge in [0.05, 0.1) is 6.04 Å². The van der Waals surface area contributed by atoms with E-state index in [0.717, 1.165) is 17.2 Å². The molecule has 0 spiro atoms. The molecular weight excluding hydrogens is 282 g/mol. The minimum Gasteiger partial charge on any atom is -0.362 e. The summed E-state index contributed by atoms with van der Waals surface area (Å²) in [6, 6.07) is 4.49. The Bertz CT molecular complexity index is 621. The molecule has 21 heavy (non-hydrogen) atoms. The normalized spacial score (nSPS) is 12.5. The van der Waals surface area contributed by atoms with Gasteiger partial charge < -0.3 is 10.7 Å². The molecule has 2 rings (SSSR count). The molecule has 114 valence electrons. The molecule has 0 aromatic carbocycles. The molecule has 0 radical (unpaired) electrons. The third kappa shape index (κ3) is 3.51. The fourth-order valence-corrected chi connectivity index (χ4v) is 2.92. The monoisotopic (exact) mass is 305 g/mol. The Morgan fingerprint density at radius 1 is 1.10 bits per heavy atom. The number of nitrogens with two attached hydrogens (primary N) is 1. The maximum absolute atomic E-state index is 5.57. The van der Waals surface area contributed by atoms with E-state index < -0.39 is 0 Å². The van der Waals surface area contributed by atoms with E-state index in [4.69, 9.17) is 5.84 Å². The zero-order chi connectivity index (χ0) is 15.6. The Morgan fingerprint density at radius 3 is 2.29 bits per heavy atom. The van der Waals surface area contributed by atoms with Gasteiger partial charge in [0.15, 0.2) is 0 Å². The molecule has 5 nitrogen and oxygen atoms in total. The molecule has 4 N–H and O–H groups in total. The average Bonchev–Trinajstić information content (AvgIpc) is 2.87. The maximum atomic E-state index is 5.57. The van der Waals surface area contributed by atoms with Crippen LogP contribution in [0.1, 0.15) is 53.9 Å². The van der Waals surface area contributed by atoms with Gasteiger partial charge >= 0.3 is 0 Å². The molecule has 6 heteroatoms. The molecule has 1 atom stereocenters. The smallest absolute Gasteiger partial charge is 0.148 e. The second-order valence-corrected chi connectivity index (χ2v) is 6.84. The van der Waals surface area contributed by atoms with Crippen molar-refractivity contribution in [1.29, 1.82) is 0 Å². The number of nitrogen functional groups attached to an aromatic ring is 1. The van der Waals surface area contributed by atoms with Crippen molar-refractivity contribution in [3.63, 3.8) is 0 Å². The van der Waals surface area contributed by atoms with Crippen LogP contribution < -0.4 is 16.6 Å². The second kappa shape index (κ2) is 6.41. The van der Waals surface area contributed by atoms with Crippen molar-refractivity contribution in [3.05, 3.63) is 33.3 Å². The van der Waals surface area contributed by atoms with E-state index in [0.29, 0.717) is 5.82 Å². The number of thiophene rings is 1. The van der Waals surface area contributed by atoms with Crippen LogP contribution in [0.5, 0.6) is 0 Å². The van der Waals surface area contributed by atoms with Gasteiger partial charge in [-0.1, -0.05) is 13.8 Å². The molecule has 0 aliphatic heterocycles. The van der Waals surface area contributed by atoms with Gasteiger partial charge in [-0.05, 0) is 32.9 Å². The topological polar surface area (TPSA) is 75.9 Å². The van der Waals surface area contributed by atoms with E-state index in [9.17, 15) is 0 Å². The molecule has 0 amide bonds. The first-order valence-corrected chi connectivity index (χ1v) is 7.92. The van der Waals surface area contributed by atoms with E-state index >= 15 is 0 Å². The molecule has 1 unspecified atom stereocenters. The first kappa shape index (κ1) is 15.7. The highest BCUT2D eigenvalue weighted by atomic mass is 32.1. The van der Waals surface area contributed by atoms with Gasteiger partial charge in [-0.15, -0.1) is 11.3 Å². The summed E-state index contributed by atoms with van der Waals surface area (Å²) in [7, 11) is 0. The van der Waals surface area contributed by atoms with Crippen LogP contribution in [0.25, 0.3) is 0 Å². The molecular formula is C15H23N5S. The number of aromatic nitrogens is 2. The van der Waals surface area contributed by atoms with Gasteiger partial charge in [0.25, 0.3) is 0 Å². The van der Waals surface area contributed by atoms with Crippen molar-refractivity contribution in [1.82, 2.24) is 9.97 Å². The number of anilines is 2. The number of nitrogens with one attached hydrogen (secondary N) is 2. The molecule has 2 aromatic heterocycles. The fraction of sp³-hybridized carbons (Fsp3) is 0.467. The predicted octanol–water partition coefficient (Wildman–Crippen LogP) is 3.74. The summed E-state index contributed by atoms with van der Waals surface area (Å²) in [5.74, 6) is 8.10. The molecule has 0 aliphatic carbocycles. The van der Waals surface area contributed by atoms with Gasteiger partial charge in [0.1, 0.15) is 17.5 Å². The molecule has 0 fully saturated rings. The van der Waals surface area contributed by atoms with Crippen LogP contribution in [0.2, 0.25) is 0 Å².